The first-order valence-corrected chi connectivity index (χ1v) is 8.46. The van der Waals surface area contributed by atoms with Crippen LogP contribution in [0.25, 0.3) is 0 Å². The van der Waals surface area contributed by atoms with Crippen LogP contribution >= 0.6 is 11.6 Å². The normalized spacial score (nSPS) is 17.0. The molecule has 0 saturated carbocycles. The Balaban J connectivity index is 2.00. The van der Waals surface area contributed by atoms with Gasteiger partial charge >= 0.3 is 5.97 Å². The molecule has 1 aliphatic heterocycles. The quantitative estimate of drug-likeness (QED) is 0.615. The zero-order valence-electron chi connectivity index (χ0n) is 14.0. The maximum Gasteiger partial charge on any atom is 0.315 e. The second kappa shape index (κ2) is 6.48. The molecule has 2 aromatic heterocycles. The van der Waals surface area contributed by atoms with Crippen molar-refractivity contribution in [2.75, 3.05) is 0 Å². The summed E-state index contributed by atoms with van der Waals surface area (Å²) in [5.41, 5.74) is 2.17. The standard InChI is InChI=1S/C18H20ClNO4/c1-10(2)24-18(22)12-5-4-7-20-14(12)9-11(3)15(20)16(21)17-13(19)6-8-23-17/h6,8-10,12H,4-5,7H2,1-3H3. The molecule has 0 N–H and O–H groups in total. The number of hydrogen-bond acceptors (Lipinski definition) is 4. The summed E-state index contributed by atoms with van der Waals surface area (Å²) >= 11 is 6.03. The van der Waals surface area contributed by atoms with Crippen LogP contribution in [0.1, 0.15) is 60.1 Å². The highest BCUT2D eigenvalue weighted by molar-refractivity contribution is 6.34. The molecule has 128 valence electrons. The zero-order chi connectivity index (χ0) is 17.4. The average molecular weight is 350 g/mol. The molecule has 0 amide bonds. The highest BCUT2D eigenvalue weighted by Crippen LogP contribution is 2.34. The maximum absolute atomic E-state index is 12.8. The van der Waals surface area contributed by atoms with E-state index >= 15 is 0 Å². The number of fused-ring (bicyclic) bond motifs is 1. The van der Waals surface area contributed by atoms with Crippen molar-refractivity contribution in [3.8, 4) is 0 Å². The number of aryl methyl sites for hydroxylation is 1. The summed E-state index contributed by atoms with van der Waals surface area (Å²) in [4.78, 5) is 25.2. The van der Waals surface area contributed by atoms with Crippen LogP contribution in [0, 0.1) is 6.92 Å². The molecule has 5 nitrogen and oxygen atoms in total. The third-order valence-electron chi connectivity index (χ3n) is 4.23. The molecule has 6 heteroatoms. The maximum atomic E-state index is 12.8. The molecule has 1 aliphatic rings. The summed E-state index contributed by atoms with van der Waals surface area (Å²) in [6.07, 6.45) is 2.77. The largest absolute Gasteiger partial charge is 0.462 e. The number of esters is 1. The molecule has 0 fully saturated rings. The summed E-state index contributed by atoms with van der Waals surface area (Å²) < 4.78 is 12.5. The Bertz CT molecular complexity index is 787. The van der Waals surface area contributed by atoms with Crippen molar-refractivity contribution in [2.45, 2.75) is 52.2 Å². The first-order valence-electron chi connectivity index (χ1n) is 8.08. The fraction of sp³-hybridized carbons (Fsp3) is 0.444. The number of halogens is 1. The fourth-order valence-corrected chi connectivity index (χ4v) is 3.44. The number of furan rings is 1. The average Bonchev–Trinajstić information content (AvgIpc) is 3.07. The van der Waals surface area contributed by atoms with E-state index in [1.165, 1.54) is 6.26 Å². The summed E-state index contributed by atoms with van der Waals surface area (Å²) in [5, 5.41) is 0.293. The van der Waals surface area contributed by atoms with Gasteiger partial charge in [-0.25, -0.2) is 0 Å². The van der Waals surface area contributed by atoms with E-state index in [4.69, 9.17) is 20.8 Å². The zero-order valence-corrected chi connectivity index (χ0v) is 14.7. The van der Waals surface area contributed by atoms with E-state index in [0.29, 0.717) is 17.3 Å². The van der Waals surface area contributed by atoms with Gasteiger partial charge < -0.3 is 13.7 Å². The van der Waals surface area contributed by atoms with Gasteiger partial charge in [0.2, 0.25) is 5.78 Å². The highest BCUT2D eigenvalue weighted by atomic mass is 35.5. The molecule has 1 unspecified atom stereocenters. The van der Waals surface area contributed by atoms with Gasteiger partial charge in [-0.2, -0.15) is 0 Å². The first-order chi connectivity index (χ1) is 11.4. The number of aromatic nitrogens is 1. The molecular weight excluding hydrogens is 330 g/mol. The van der Waals surface area contributed by atoms with Crippen LogP contribution in [0.2, 0.25) is 5.02 Å². The molecular formula is C18H20ClNO4. The number of ether oxygens (including phenoxy) is 1. The van der Waals surface area contributed by atoms with E-state index in [1.54, 1.807) is 6.07 Å². The lowest BCUT2D eigenvalue weighted by atomic mass is 9.96. The van der Waals surface area contributed by atoms with Gasteiger partial charge in [0.1, 0.15) is 0 Å². The molecule has 3 rings (SSSR count). The molecule has 24 heavy (non-hydrogen) atoms. The molecule has 1 atom stereocenters. The summed E-state index contributed by atoms with van der Waals surface area (Å²) in [6, 6.07) is 3.45. The van der Waals surface area contributed by atoms with Crippen molar-refractivity contribution < 1.29 is 18.7 Å². The molecule has 2 aromatic rings. The molecule has 0 saturated heterocycles. The van der Waals surface area contributed by atoms with E-state index in [2.05, 4.69) is 0 Å². The van der Waals surface area contributed by atoms with Crippen LogP contribution in [-0.4, -0.2) is 22.4 Å². The Morgan fingerprint density at radius 3 is 2.79 bits per heavy atom. The van der Waals surface area contributed by atoms with Crippen LogP contribution in [0.4, 0.5) is 0 Å². The van der Waals surface area contributed by atoms with E-state index in [0.717, 1.165) is 24.1 Å². The Kier molecular flexibility index (Phi) is 4.54. The van der Waals surface area contributed by atoms with Crippen LogP contribution in [-0.2, 0) is 16.1 Å². The molecule has 0 spiro atoms. The molecule has 0 radical (unpaired) electrons. The van der Waals surface area contributed by atoms with Crippen molar-refractivity contribution in [1.82, 2.24) is 4.57 Å². The van der Waals surface area contributed by atoms with Gasteiger partial charge in [-0.1, -0.05) is 11.6 Å². The van der Waals surface area contributed by atoms with Gasteiger partial charge in [-0.05, 0) is 51.3 Å². The predicted octanol–water partition coefficient (Wildman–Crippen LogP) is 4.10. The van der Waals surface area contributed by atoms with Crippen molar-refractivity contribution in [2.24, 2.45) is 0 Å². The van der Waals surface area contributed by atoms with Gasteiger partial charge in [0.25, 0.3) is 0 Å². The minimum Gasteiger partial charge on any atom is -0.462 e. The van der Waals surface area contributed by atoms with Crippen molar-refractivity contribution in [3.63, 3.8) is 0 Å². The van der Waals surface area contributed by atoms with Crippen LogP contribution < -0.4 is 0 Å². The monoisotopic (exact) mass is 349 g/mol. The Morgan fingerprint density at radius 1 is 1.42 bits per heavy atom. The number of nitrogens with zero attached hydrogens (tertiary/aromatic N) is 1. The summed E-state index contributed by atoms with van der Waals surface area (Å²) in [7, 11) is 0. The van der Waals surface area contributed by atoms with Crippen molar-refractivity contribution in [1.29, 1.82) is 0 Å². The third-order valence-corrected chi connectivity index (χ3v) is 4.52. The van der Waals surface area contributed by atoms with Crippen molar-refractivity contribution >= 4 is 23.4 Å². The topological polar surface area (TPSA) is 61.4 Å². The number of ketones is 1. The number of hydrogen-bond donors (Lipinski definition) is 0. The lowest BCUT2D eigenvalue weighted by Crippen LogP contribution is -2.27. The van der Waals surface area contributed by atoms with Crippen LogP contribution in [0.5, 0.6) is 0 Å². The van der Waals surface area contributed by atoms with E-state index in [9.17, 15) is 9.59 Å². The first kappa shape index (κ1) is 16.8. The SMILES string of the molecule is Cc1cc2n(c1C(=O)c1occc1Cl)CCCC2C(=O)OC(C)C. The fourth-order valence-electron chi connectivity index (χ4n) is 3.26. The number of carbonyl (C=O) groups is 2. The third kappa shape index (κ3) is 2.88. The van der Waals surface area contributed by atoms with Crippen molar-refractivity contribution in [3.05, 3.63) is 46.1 Å². The minimum absolute atomic E-state index is 0.132. The van der Waals surface area contributed by atoms with Gasteiger partial charge in [-0.3, -0.25) is 9.59 Å². The Hall–Kier alpha value is -2.01. The highest BCUT2D eigenvalue weighted by Gasteiger charge is 2.33. The predicted molar refractivity (Wildman–Crippen MR) is 89.5 cm³/mol. The Morgan fingerprint density at radius 2 is 2.17 bits per heavy atom. The molecule has 3 heterocycles. The molecule has 0 aromatic carbocycles. The lowest BCUT2D eigenvalue weighted by Gasteiger charge is -2.25. The van der Waals surface area contributed by atoms with Gasteiger partial charge in [0, 0.05) is 12.2 Å². The second-order valence-electron chi connectivity index (χ2n) is 6.36. The van der Waals surface area contributed by atoms with Gasteiger partial charge in [-0.15, -0.1) is 0 Å². The number of rotatable bonds is 4. The second-order valence-corrected chi connectivity index (χ2v) is 6.77. The van der Waals surface area contributed by atoms with E-state index < -0.39 is 0 Å². The summed E-state index contributed by atoms with van der Waals surface area (Å²) in [6.45, 7) is 6.21. The lowest BCUT2D eigenvalue weighted by molar-refractivity contribution is -0.149. The van der Waals surface area contributed by atoms with Gasteiger partial charge in [0.15, 0.2) is 5.76 Å². The van der Waals surface area contributed by atoms with Crippen LogP contribution in [0.15, 0.2) is 22.8 Å². The summed E-state index contributed by atoms with van der Waals surface area (Å²) in [5.74, 6) is -0.703. The molecule has 0 aliphatic carbocycles. The Labute approximate surface area is 145 Å². The van der Waals surface area contributed by atoms with E-state index in [1.807, 2.05) is 31.4 Å². The number of carbonyl (C=O) groups excluding carboxylic acids is 2. The van der Waals surface area contributed by atoms with E-state index in [-0.39, 0.29) is 29.5 Å². The smallest absolute Gasteiger partial charge is 0.315 e. The van der Waals surface area contributed by atoms with Crippen LogP contribution in [0.3, 0.4) is 0 Å². The van der Waals surface area contributed by atoms with Gasteiger partial charge in [0.05, 0.1) is 29.0 Å². The molecule has 0 bridgehead atoms. The minimum atomic E-state index is -0.339.